The second-order valence-corrected chi connectivity index (χ2v) is 4.38. The lowest BCUT2D eigenvalue weighted by Crippen LogP contribution is -2.36. The molecule has 0 spiro atoms. The molecule has 1 amide bonds. The summed E-state index contributed by atoms with van der Waals surface area (Å²) in [6.45, 7) is 0.461. The minimum atomic E-state index is -0.254. The van der Waals surface area contributed by atoms with E-state index in [9.17, 15) is 4.79 Å². The Labute approximate surface area is 122 Å². The molecular formula is C14H14ClN3O2. The molecule has 1 aromatic rings. The fourth-order valence-corrected chi connectivity index (χ4v) is 1.70. The predicted octanol–water partition coefficient (Wildman–Crippen LogP) is 2.37. The molecule has 6 heteroatoms. The third-order valence-corrected chi connectivity index (χ3v) is 2.73. The zero-order valence-electron chi connectivity index (χ0n) is 10.9. The van der Waals surface area contributed by atoms with Crippen molar-refractivity contribution in [3.05, 3.63) is 29.3 Å². The Kier molecular flexibility index (Phi) is 6.95. The standard InChI is InChI=1S/C14H14ClN3O2/c15-12-4-1-5-13(10-12)20-11-14(19)18(8-2-6-16)9-3-7-17/h1,4-5,10H,2-3,8-9,11H2. The third-order valence-electron chi connectivity index (χ3n) is 2.50. The van der Waals surface area contributed by atoms with Crippen LogP contribution in [-0.4, -0.2) is 30.5 Å². The first-order valence-electron chi connectivity index (χ1n) is 6.07. The first kappa shape index (κ1) is 15.8. The number of halogens is 1. The summed E-state index contributed by atoms with van der Waals surface area (Å²) >= 11 is 5.81. The molecule has 104 valence electrons. The normalized spacial score (nSPS) is 9.35. The van der Waals surface area contributed by atoms with Crippen molar-refractivity contribution in [1.82, 2.24) is 4.90 Å². The van der Waals surface area contributed by atoms with Crippen LogP contribution >= 0.6 is 11.6 Å². The van der Waals surface area contributed by atoms with Crippen molar-refractivity contribution in [3.8, 4) is 17.9 Å². The SMILES string of the molecule is N#CCCN(CCC#N)C(=O)COc1cccc(Cl)c1. The molecule has 1 rings (SSSR count). The van der Waals surface area contributed by atoms with Gasteiger partial charge in [-0.2, -0.15) is 10.5 Å². The molecule has 0 aromatic heterocycles. The van der Waals surface area contributed by atoms with E-state index in [0.717, 1.165) is 0 Å². The van der Waals surface area contributed by atoms with Crippen LogP contribution in [0.25, 0.3) is 0 Å². The molecule has 0 heterocycles. The minimum Gasteiger partial charge on any atom is -0.484 e. The van der Waals surface area contributed by atoms with Gasteiger partial charge in [-0.25, -0.2) is 0 Å². The van der Waals surface area contributed by atoms with Gasteiger partial charge in [0.15, 0.2) is 6.61 Å². The molecule has 0 saturated heterocycles. The molecule has 0 N–H and O–H groups in total. The minimum absolute atomic E-state index is 0.142. The van der Waals surface area contributed by atoms with Crippen molar-refractivity contribution in [2.45, 2.75) is 12.8 Å². The molecule has 0 aliphatic carbocycles. The van der Waals surface area contributed by atoms with Crippen molar-refractivity contribution in [1.29, 1.82) is 10.5 Å². The lowest BCUT2D eigenvalue weighted by Gasteiger charge is -2.20. The van der Waals surface area contributed by atoms with Gasteiger partial charge in [0.05, 0.1) is 25.0 Å². The van der Waals surface area contributed by atoms with Crippen LogP contribution in [0.3, 0.4) is 0 Å². The van der Waals surface area contributed by atoms with Crippen LogP contribution in [0, 0.1) is 22.7 Å². The van der Waals surface area contributed by atoms with Crippen LogP contribution in [0.5, 0.6) is 5.75 Å². The zero-order chi connectivity index (χ0) is 14.8. The molecule has 0 aliphatic heterocycles. The van der Waals surface area contributed by atoms with E-state index in [2.05, 4.69) is 0 Å². The molecule has 1 aromatic carbocycles. The van der Waals surface area contributed by atoms with Gasteiger partial charge in [-0.1, -0.05) is 17.7 Å². The molecule has 0 aliphatic rings. The fourth-order valence-electron chi connectivity index (χ4n) is 1.52. The summed E-state index contributed by atoms with van der Waals surface area (Å²) in [5, 5.41) is 17.7. The fraction of sp³-hybridized carbons (Fsp3) is 0.357. The lowest BCUT2D eigenvalue weighted by molar-refractivity contribution is -0.133. The van der Waals surface area contributed by atoms with Gasteiger partial charge in [-0.3, -0.25) is 4.79 Å². The molecule has 0 bridgehead atoms. The van der Waals surface area contributed by atoms with Crippen LogP contribution in [0.4, 0.5) is 0 Å². The number of ether oxygens (including phenoxy) is 1. The Balaban J connectivity index is 2.53. The van der Waals surface area contributed by atoms with Gasteiger partial charge < -0.3 is 9.64 Å². The predicted molar refractivity (Wildman–Crippen MR) is 74.0 cm³/mol. The molecule has 0 saturated carbocycles. The second-order valence-electron chi connectivity index (χ2n) is 3.94. The number of nitriles is 2. The zero-order valence-corrected chi connectivity index (χ0v) is 11.6. The Morgan fingerprint density at radius 2 is 1.90 bits per heavy atom. The molecule has 20 heavy (non-hydrogen) atoms. The first-order chi connectivity index (χ1) is 9.67. The maximum Gasteiger partial charge on any atom is 0.260 e. The van der Waals surface area contributed by atoms with E-state index in [4.69, 9.17) is 26.9 Å². The highest BCUT2D eigenvalue weighted by Gasteiger charge is 2.13. The van der Waals surface area contributed by atoms with E-state index in [1.54, 1.807) is 24.3 Å². The maximum atomic E-state index is 12.0. The smallest absolute Gasteiger partial charge is 0.260 e. The molecular weight excluding hydrogens is 278 g/mol. The van der Waals surface area contributed by atoms with Gasteiger partial charge in [0.2, 0.25) is 0 Å². The van der Waals surface area contributed by atoms with Crippen LogP contribution in [0.1, 0.15) is 12.8 Å². The third kappa shape index (κ3) is 5.60. The lowest BCUT2D eigenvalue weighted by atomic mass is 10.3. The average molecular weight is 292 g/mol. The number of rotatable bonds is 7. The summed E-state index contributed by atoms with van der Waals surface area (Å²) in [6.07, 6.45) is 0.461. The summed E-state index contributed by atoms with van der Waals surface area (Å²) in [5.41, 5.74) is 0. The quantitative estimate of drug-likeness (QED) is 0.773. The number of benzene rings is 1. The van der Waals surface area contributed by atoms with Gasteiger partial charge >= 0.3 is 0 Å². The van der Waals surface area contributed by atoms with Crippen LogP contribution in [-0.2, 0) is 4.79 Å². The Bertz CT molecular complexity index is 516. The van der Waals surface area contributed by atoms with E-state index in [1.165, 1.54) is 4.90 Å². The molecule has 0 fully saturated rings. The second kappa shape index (κ2) is 8.79. The Hall–Kier alpha value is -2.24. The number of hydrogen-bond donors (Lipinski definition) is 0. The van der Waals surface area contributed by atoms with Gasteiger partial charge in [0.25, 0.3) is 5.91 Å². The Morgan fingerprint density at radius 1 is 1.25 bits per heavy atom. The largest absolute Gasteiger partial charge is 0.484 e. The van der Waals surface area contributed by atoms with Gasteiger partial charge in [-0.15, -0.1) is 0 Å². The highest BCUT2D eigenvalue weighted by atomic mass is 35.5. The highest BCUT2D eigenvalue weighted by Crippen LogP contribution is 2.17. The summed E-state index contributed by atoms with van der Waals surface area (Å²) in [5.74, 6) is 0.252. The van der Waals surface area contributed by atoms with Crippen molar-refractivity contribution in [3.63, 3.8) is 0 Å². The van der Waals surface area contributed by atoms with Crippen LogP contribution in [0.15, 0.2) is 24.3 Å². The summed E-state index contributed by atoms with van der Waals surface area (Å²) in [7, 11) is 0. The van der Waals surface area contributed by atoms with E-state index in [0.29, 0.717) is 23.9 Å². The number of hydrogen-bond acceptors (Lipinski definition) is 4. The summed E-state index contributed by atoms with van der Waals surface area (Å²) < 4.78 is 5.35. The van der Waals surface area contributed by atoms with E-state index in [1.807, 2.05) is 12.1 Å². The summed E-state index contributed by atoms with van der Waals surface area (Å²) in [4.78, 5) is 13.4. The molecule has 0 unspecified atom stereocenters. The average Bonchev–Trinajstić information content (AvgIpc) is 2.45. The maximum absolute atomic E-state index is 12.0. The molecule has 0 atom stereocenters. The monoisotopic (exact) mass is 291 g/mol. The van der Waals surface area contributed by atoms with Gasteiger partial charge in [-0.05, 0) is 18.2 Å². The number of carbonyl (C=O) groups excluding carboxylic acids is 1. The van der Waals surface area contributed by atoms with E-state index in [-0.39, 0.29) is 25.4 Å². The van der Waals surface area contributed by atoms with Crippen LogP contribution < -0.4 is 4.74 Å². The van der Waals surface area contributed by atoms with E-state index < -0.39 is 0 Å². The number of amides is 1. The first-order valence-corrected chi connectivity index (χ1v) is 6.45. The molecule has 5 nitrogen and oxygen atoms in total. The highest BCUT2D eigenvalue weighted by molar-refractivity contribution is 6.30. The van der Waals surface area contributed by atoms with Gasteiger partial charge in [0.1, 0.15) is 5.75 Å². The summed E-state index contributed by atoms with van der Waals surface area (Å²) in [6, 6.07) is 10.7. The topological polar surface area (TPSA) is 77.1 Å². The van der Waals surface area contributed by atoms with E-state index >= 15 is 0 Å². The Morgan fingerprint density at radius 3 is 2.45 bits per heavy atom. The van der Waals surface area contributed by atoms with Crippen molar-refractivity contribution in [2.24, 2.45) is 0 Å². The number of carbonyl (C=O) groups is 1. The van der Waals surface area contributed by atoms with Gasteiger partial charge in [0, 0.05) is 18.1 Å². The number of nitrogens with zero attached hydrogens (tertiary/aromatic N) is 3. The van der Waals surface area contributed by atoms with Crippen molar-refractivity contribution >= 4 is 17.5 Å². The van der Waals surface area contributed by atoms with Crippen molar-refractivity contribution < 1.29 is 9.53 Å². The van der Waals surface area contributed by atoms with Crippen LogP contribution in [0.2, 0.25) is 5.02 Å². The molecule has 0 radical (unpaired) electrons. The van der Waals surface area contributed by atoms with Crippen molar-refractivity contribution in [2.75, 3.05) is 19.7 Å².